The van der Waals surface area contributed by atoms with Crippen molar-refractivity contribution in [2.75, 3.05) is 44.2 Å². The Morgan fingerprint density at radius 1 is 0.976 bits per heavy atom. The molecule has 3 aliphatic rings. The van der Waals surface area contributed by atoms with Gasteiger partial charge in [0, 0.05) is 50.0 Å². The summed E-state index contributed by atoms with van der Waals surface area (Å²) >= 11 is 5.96. The molecule has 3 aromatic rings. The third kappa shape index (κ3) is 6.17. The number of ether oxygens (including phenoxy) is 3. The van der Waals surface area contributed by atoms with Crippen molar-refractivity contribution in [1.82, 2.24) is 9.80 Å². The highest BCUT2D eigenvalue weighted by molar-refractivity contribution is 6.30. The second-order valence-electron chi connectivity index (χ2n) is 10.5. The molecule has 0 radical (unpaired) electrons. The van der Waals surface area contributed by atoms with Crippen LogP contribution in [0.1, 0.15) is 24.4 Å². The van der Waals surface area contributed by atoms with E-state index >= 15 is 0 Å². The molecule has 3 aliphatic heterocycles. The Morgan fingerprint density at radius 3 is 2.34 bits per heavy atom. The summed E-state index contributed by atoms with van der Waals surface area (Å²) in [7, 11) is 0. The molecule has 41 heavy (non-hydrogen) atoms. The number of piperazine rings is 1. The number of nitrogens with zero attached hydrogens (tertiary/aromatic N) is 3. The van der Waals surface area contributed by atoms with Crippen LogP contribution >= 0.6 is 11.6 Å². The van der Waals surface area contributed by atoms with E-state index in [0.717, 1.165) is 12.8 Å². The molecule has 1 unspecified atom stereocenters. The molecule has 0 aliphatic carbocycles. The molecule has 0 aromatic heterocycles. The quantitative estimate of drug-likeness (QED) is 0.360. The van der Waals surface area contributed by atoms with Gasteiger partial charge < -0.3 is 19.1 Å². The Hall–Kier alpha value is -3.66. The molecule has 214 valence electrons. The zero-order chi connectivity index (χ0) is 28.3. The van der Waals surface area contributed by atoms with Crippen molar-refractivity contribution in [3.05, 3.63) is 89.2 Å². The first-order valence-corrected chi connectivity index (χ1v) is 14.2. The van der Waals surface area contributed by atoms with Gasteiger partial charge in [0.25, 0.3) is 5.91 Å². The van der Waals surface area contributed by atoms with Gasteiger partial charge in [-0.25, -0.2) is 9.18 Å². The molecule has 0 bridgehead atoms. The summed E-state index contributed by atoms with van der Waals surface area (Å²) in [5.74, 6) is 0.908. The summed E-state index contributed by atoms with van der Waals surface area (Å²) < 4.78 is 31.7. The number of carbonyl (C=O) groups is 2. The summed E-state index contributed by atoms with van der Waals surface area (Å²) in [6.07, 6.45) is 0.333. The van der Waals surface area contributed by atoms with Crippen LogP contribution in [-0.4, -0.2) is 73.3 Å². The van der Waals surface area contributed by atoms with E-state index in [4.69, 9.17) is 25.8 Å². The molecule has 0 spiro atoms. The van der Waals surface area contributed by atoms with Crippen LogP contribution in [0.2, 0.25) is 5.02 Å². The molecule has 3 saturated heterocycles. The van der Waals surface area contributed by atoms with E-state index in [1.807, 2.05) is 11.0 Å². The first-order chi connectivity index (χ1) is 19.9. The van der Waals surface area contributed by atoms with Crippen molar-refractivity contribution in [3.8, 4) is 11.5 Å². The molecule has 3 heterocycles. The average Bonchev–Trinajstić information content (AvgIpc) is 3.63. The smallest absolute Gasteiger partial charge is 0.415 e. The lowest BCUT2D eigenvalue weighted by molar-refractivity contribution is -0.142. The predicted octanol–water partition coefficient (Wildman–Crippen LogP) is 5.66. The van der Waals surface area contributed by atoms with Gasteiger partial charge >= 0.3 is 6.09 Å². The van der Waals surface area contributed by atoms with Gasteiger partial charge in [-0.15, -0.1) is 0 Å². The van der Waals surface area contributed by atoms with Crippen LogP contribution in [0.5, 0.6) is 11.5 Å². The van der Waals surface area contributed by atoms with E-state index in [0.29, 0.717) is 67.1 Å². The predicted molar refractivity (Wildman–Crippen MR) is 152 cm³/mol. The zero-order valence-corrected chi connectivity index (χ0v) is 23.2. The molecule has 3 atom stereocenters. The van der Waals surface area contributed by atoms with Crippen LogP contribution in [-0.2, 0) is 14.3 Å². The standard InChI is InChI=1S/C31H31ClFN3O5/c32-22-6-10-25(11-7-22)40-26-12-8-24(9-13-26)36-29(21-3-1-4-23(33)19-21)28(41-31(36)38)20-34-14-16-35(17-15-34)30(37)27-5-2-18-39-27/h1,3-4,6-13,19,27-29H,2,5,14-18,20H2/t27?,28-,29-/m0/s1. The van der Waals surface area contributed by atoms with Crippen LogP contribution in [0.15, 0.2) is 72.8 Å². The van der Waals surface area contributed by atoms with E-state index in [-0.39, 0.29) is 17.8 Å². The van der Waals surface area contributed by atoms with Gasteiger partial charge in [-0.3, -0.25) is 14.6 Å². The Balaban J connectivity index is 1.17. The van der Waals surface area contributed by atoms with Gasteiger partial charge in [-0.05, 0) is 79.1 Å². The maximum absolute atomic E-state index is 14.3. The van der Waals surface area contributed by atoms with Crippen LogP contribution in [0.3, 0.4) is 0 Å². The number of amides is 2. The maximum atomic E-state index is 14.3. The van der Waals surface area contributed by atoms with E-state index in [1.54, 1.807) is 59.5 Å². The van der Waals surface area contributed by atoms with Gasteiger partial charge in [-0.2, -0.15) is 0 Å². The van der Waals surface area contributed by atoms with E-state index in [1.165, 1.54) is 12.1 Å². The fourth-order valence-corrected chi connectivity index (χ4v) is 5.81. The number of hydrogen-bond acceptors (Lipinski definition) is 6. The Bertz CT molecular complexity index is 1380. The molecule has 3 aromatic carbocycles. The molecular weight excluding hydrogens is 549 g/mol. The van der Waals surface area contributed by atoms with Crippen molar-refractivity contribution in [3.63, 3.8) is 0 Å². The fraction of sp³-hybridized carbons (Fsp3) is 0.355. The lowest BCUT2D eigenvalue weighted by Gasteiger charge is -2.37. The molecule has 3 fully saturated rings. The number of cyclic esters (lactones) is 1. The summed E-state index contributed by atoms with van der Waals surface area (Å²) in [6, 6.07) is 19.9. The number of rotatable bonds is 7. The van der Waals surface area contributed by atoms with Crippen molar-refractivity contribution in [1.29, 1.82) is 0 Å². The number of benzene rings is 3. The largest absolute Gasteiger partial charge is 0.457 e. The minimum atomic E-state index is -0.534. The van der Waals surface area contributed by atoms with Gasteiger partial charge in [-0.1, -0.05) is 23.7 Å². The van der Waals surface area contributed by atoms with Crippen molar-refractivity contribution in [2.24, 2.45) is 0 Å². The highest BCUT2D eigenvalue weighted by atomic mass is 35.5. The van der Waals surface area contributed by atoms with Gasteiger partial charge in [0.05, 0.1) is 0 Å². The van der Waals surface area contributed by atoms with Crippen LogP contribution in [0.4, 0.5) is 14.9 Å². The summed E-state index contributed by atoms with van der Waals surface area (Å²) in [6.45, 7) is 3.58. The molecule has 10 heteroatoms. The molecule has 2 amide bonds. The molecule has 6 rings (SSSR count). The molecule has 0 N–H and O–H groups in total. The van der Waals surface area contributed by atoms with Crippen molar-refractivity contribution < 1.29 is 28.2 Å². The number of hydrogen-bond donors (Lipinski definition) is 0. The SMILES string of the molecule is O=C(C1CCCO1)N1CCN(C[C@@H]2OC(=O)N(c3ccc(Oc4ccc(Cl)cc4)cc3)[C@H]2c2cccc(F)c2)CC1. The van der Waals surface area contributed by atoms with E-state index < -0.39 is 18.2 Å². The second kappa shape index (κ2) is 12.1. The average molecular weight is 580 g/mol. The minimum absolute atomic E-state index is 0.0572. The summed E-state index contributed by atoms with van der Waals surface area (Å²) in [5, 5.41) is 0.618. The summed E-state index contributed by atoms with van der Waals surface area (Å²) in [5.41, 5.74) is 1.26. The normalized spacial score (nSPS) is 23.1. The lowest BCUT2D eigenvalue weighted by Crippen LogP contribution is -2.53. The third-order valence-corrected chi connectivity index (χ3v) is 8.01. The Kier molecular flexibility index (Phi) is 8.09. The van der Waals surface area contributed by atoms with E-state index in [2.05, 4.69) is 4.90 Å². The van der Waals surface area contributed by atoms with E-state index in [9.17, 15) is 14.0 Å². The molecule has 0 saturated carbocycles. The minimum Gasteiger partial charge on any atom is -0.457 e. The number of halogens is 2. The highest BCUT2D eigenvalue weighted by Crippen LogP contribution is 2.39. The van der Waals surface area contributed by atoms with Crippen LogP contribution < -0.4 is 9.64 Å². The second-order valence-corrected chi connectivity index (χ2v) is 10.9. The monoisotopic (exact) mass is 579 g/mol. The van der Waals surface area contributed by atoms with Crippen molar-refractivity contribution in [2.45, 2.75) is 31.1 Å². The fourth-order valence-electron chi connectivity index (χ4n) is 5.68. The number of anilines is 1. The Morgan fingerprint density at radius 2 is 1.68 bits per heavy atom. The third-order valence-electron chi connectivity index (χ3n) is 7.76. The number of carbonyl (C=O) groups excluding carboxylic acids is 2. The lowest BCUT2D eigenvalue weighted by atomic mass is 9.99. The van der Waals surface area contributed by atoms with Crippen LogP contribution in [0, 0.1) is 5.82 Å². The highest BCUT2D eigenvalue weighted by Gasteiger charge is 2.45. The first kappa shape index (κ1) is 27.5. The van der Waals surface area contributed by atoms with Gasteiger partial charge in [0.15, 0.2) is 0 Å². The van der Waals surface area contributed by atoms with Gasteiger partial charge in [0.1, 0.15) is 35.6 Å². The van der Waals surface area contributed by atoms with Crippen molar-refractivity contribution >= 4 is 29.3 Å². The van der Waals surface area contributed by atoms with Crippen LogP contribution in [0.25, 0.3) is 0 Å². The molecule has 8 nitrogen and oxygen atoms in total. The topological polar surface area (TPSA) is 71.6 Å². The maximum Gasteiger partial charge on any atom is 0.415 e. The zero-order valence-electron chi connectivity index (χ0n) is 22.5. The molecular formula is C31H31ClFN3O5. The summed E-state index contributed by atoms with van der Waals surface area (Å²) in [4.78, 5) is 31.7. The van der Waals surface area contributed by atoms with Gasteiger partial charge in [0.2, 0.25) is 0 Å². The Labute approximate surface area is 243 Å². The first-order valence-electron chi connectivity index (χ1n) is 13.9.